The molecule has 254 valence electrons. The van der Waals surface area contributed by atoms with Crippen molar-refractivity contribution in [2.75, 3.05) is 13.7 Å². The fraction of sp³-hybridized carbons (Fsp3) is 0.688. The van der Waals surface area contributed by atoms with Gasteiger partial charge in [0.2, 0.25) is 5.60 Å². The van der Waals surface area contributed by atoms with E-state index in [1.807, 2.05) is 19.9 Å². The first-order valence-electron chi connectivity index (χ1n) is 16.1. The van der Waals surface area contributed by atoms with Crippen LogP contribution in [0.3, 0.4) is 0 Å². The van der Waals surface area contributed by atoms with Crippen LogP contribution in [0.4, 0.5) is 4.79 Å². The number of aliphatic hydroxyl groups is 1. The molecule has 0 aromatic carbocycles. The SMILES string of the molecule is CCCC(C)N(C)C(=O)N/C(=N/C=N)c1ccc([C@]2(C#N)O[C@H](COC(=O)CC3CCCCC3)[C@@H](OC(=O)[C@@H](N)C(C)C)[C@H]2O)[nH]1. The monoisotopic (exact) mass is 643 g/mol. The maximum atomic E-state index is 12.9. The fourth-order valence-electron chi connectivity index (χ4n) is 5.79. The molecule has 14 heteroatoms. The molecule has 1 aromatic heterocycles. The number of nitrogens with one attached hydrogen (secondary N) is 3. The maximum absolute atomic E-state index is 12.9. The lowest BCUT2D eigenvalue weighted by Gasteiger charge is -2.25. The Hall–Kier alpha value is -3.80. The molecular weight excluding hydrogens is 594 g/mol. The minimum absolute atomic E-state index is 0.00134. The standard InChI is InChI=1S/C32H49N7O7/c1-6-10-20(4)39(5)31(43)38-29(36-18-34)22-13-14-24(37-22)32(17-33)28(41)27(45-30(42)26(35)19(2)3)23(46-32)16-44-25(40)15-21-11-8-7-9-12-21/h13-14,18-21,23,26-28,37,41H,6-12,15-16,35H2,1-5H3,(H2,34,36,38,43)/t20?,23-,26+,27-,28-,32+/m1/s1. The third-order valence-electron chi connectivity index (χ3n) is 8.88. The Balaban J connectivity index is 1.86. The van der Waals surface area contributed by atoms with Crippen molar-refractivity contribution in [1.82, 2.24) is 15.2 Å². The van der Waals surface area contributed by atoms with Crippen molar-refractivity contribution in [3.63, 3.8) is 0 Å². The number of amidine groups is 1. The second kappa shape index (κ2) is 16.7. The summed E-state index contributed by atoms with van der Waals surface area (Å²) in [5.74, 6) is -1.27. The van der Waals surface area contributed by atoms with E-state index >= 15 is 0 Å². The number of urea groups is 1. The first kappa shape index (κ1) is 36.7. The zero-order valence-corrected chi connectivity index (χ0v) is 27.5. The number of carbonyl (C=O) groups is 3. The van der Waals surface area contributed by atoms with Crippen molar-refractivity contribution in [2.45, 2.75) is 115 Å². The number of nitriles is 1. The van der Waals surface area contributed by atoms with Gasteiger partial charge in [-0.3, -0.25) is 20.3 Å². The van der Waals surface area contributed by atoms with Crippen molar-refractivity contribution in [2.24, 2.45) is 22.6 Å². The van der Waals surface area contributed by atoms with Gasteiger partial charge in [0.25, 0.3) is 0 Å². The van der Waals surface area contributed by atoms with E-state index in [-0.39, 0.29) is 48.1 Å². The second-order valence-corrected chi connectivity index (χ2v) is 12.6. The summed E-state index contributed by atoms with van der Waals surface area (Å²) in [5, 5.41) is 32.1. The number of hydrogen-bond acceptors (Lipinski definition) is 10. The van der Waals surface area contributed by atoms with E-state index < -0.39 is 47.9 Å². The largest absolute Gasteiger partial charge is 0.463 e. The highest BCUT2D eigenvalue weighted by Crippen LogP contribution is 2.41. The number of amides is 2. The predicted octanol–water partition coefficient (Wildman–Crippen LogP) is 3.09. The van der Waals surface area contributed by atoms with Crippen LogP contribution in [0.2, 0.25) is 0 Å². The van der Waals surface area contributed by atoms with E-state index in [0.29, 0.717) is 0 Å². The average molecular weight is 644 g/mol. The highest BCUT2D eigenvalue weighted by molar-refractivity contribution is 6.08. The van der Waals surface area contributed by atoms with Crippen LogP contribution in [0.25, 0.3) is 0 Å². The zero-order valence-electron chi connectivity index (χ0n) is 27.5. The molecule has 1 aromatic rings. The van der Waals surface area contributed by atoms with Gasteiger partial charge in [0.15, 0.2) is 11.9 Å². The van der Waals surface area contributed by atoms with Crippen molar-refractivity contribution in [3.05, 3.63) is 23.5 Å². The molecule has 1 saturated carbocycles. The van der Waals surface area contributed by atoms with Gasteiger partial charge in [-0.25, -0.2) is 9.79 Å². The normalized spacial score (nSPS) is 24.9. The number of nitrogens with zero attached hydrogens (tertiary/aromatic N) is 3. The van der Waals surface area contributed by atoms with Crippen LogP contribution in [0.15, 0.2) is 17.1 Å². The number of ether oxygens (including phenoxy) is 3. The molecule has 46 heavy (non-hydrogen) atoms. The molecule has 2 amide bonds. The maximum Gasteiger partial charge on any atom is 0.323 e. The molecule has 2 fully saturated rings. The molecule has 1 unspecified atom stereocenters. The van der Waals surface area contributed by atoms with Crippen LogP contribution in [0, 0.1) is 28.6 Å². The molecular formula is C32H49N7O7. The third-order valence-corrected chi connectivity index (χ3v) is 8.88. The van der Waals surface area contributed by atoms with E-state index in [1.165, 1.54) is 17.0 Å². The number of aromatic nitrogens is 1. The van der Waals surface area contributed by atoms with E-state index in [2.05, 4.69) is 15.3 Å². The molecule has 1 aliphatic carbocycles. The number of H-pyrrole nitrogens is 1. The lowest BCUT2D eigenvalue weighted by atomic mass is 9.87. The number of aromatic amines is 1. The van der Waals surface area contributed by atoms with Crippen LogP contribution in [0.1, 0.15) is 90.4 Å². The lowest BCUT2D eigenvalue weighted by Crippen LogP contribution is -2.46. The Morgan fingerprint density at radius 3 is 2.61 bits per heavy atom. The molecule has 2 heterocycles. The van der Waals surface area contributed by atoms with E-state index in [1.54, 1.807) is 20.9 Å². The predicted molar refractivity (Wildman–Crippen MR) is 170 cm³/mol. The van der Waals surface area contributed by atoms with Crippen molar-refractivity contribution in [3.8, 4) is 6.07 Å². The highest BCUT2D eigenvalue weighted by Gasteiger charge is 2.59. The Bertz CT molecular complexity index is 1290. The number of aliphatic hydroxyl groups excluding tert-OH is 1. The third kappa shape index (κ3) is 8.71. The zero-order chi connectivity index (χ0) is 34.0. The molecule has 6 atom stereocenters. The molecule has 1 saturated heterocycles. The fourth-order valence-corrected chi connectivity index (χ4v) is 5.79. The molecule has 2 aliphatic rings. The smallest absolute Gasteiger partial charge is 0.323 e. The number of nitrogens with two attached hydrogens (primary N) is 1. The molecule has 0 spiro atoms. The van der Waals surface area contributed by atoms with Gasteiger partial charge in [-0.2, -0.15) is 5.26 Å². The van der Waals surface area contributed by atoms with Gasteiger partial charge < -0.3 is 34.9 Å². The van der Waals surface area contributed by atoms with Crippen molar-refractivity contribution >= 4 is 30.1 Å². The number of aliphatic imine (C=N–C) groups is 1. The van der Waals surface area contributed by atoms with Gasteiger partial charge in [-0.05, 0) is 50.2 Å². The summed E-state index contributed by atoms with van der Waals surface area (Å²) in [6.45, 7) is 7.05. The molecule has 14 nitrogen and oxygen atoms in total. The Morgan fingerprint density at radius 2 is 2.00 bits per heavy atom. The summed E-state index contributed by atoms with van der Waals surface area (Å²) in [6, 6.07) is 3.48. The second-order valence-electron chi connectivity index (χ2n) is 12.6. The van der Waals surface area contributed by atoms with Crippen LogP contribution in [-0.2, 0) is 29.4 Å². The Kier molecular flexibility index (Phi) is 13.3. The van der Waals surface area contributed by atoms with Gasteiger partial charge >= 0.3 is 18.0 Å². The number of hydrogen-bond donors (Lipinski definition) is 5. The average Bonchev–Trinajstić information content (AvgIpc) is 3.63. The van der Waals surface area contributed by atoms with Crippen molar-refractivity contribution < 1.29 is 33.7 Å². The molecule has 1 aliphatic heterocycles. The minimum Gasteiger partial charge on any atom is -0.463 e. The van der Waals surface area contributed by atoms with Crippen LogP contribution < -0.4 is 11.1 Å². The summed E-state index contributed by atoms with van der Waals surface area (Å²) < 4.78 is 17.3. The topological polar surface area (TPSA) is 216 Å². The summed E-state index contributed by atoms with van der Waals surface area (Å²) in [7, 11) is 1.65. The van der Waals surface area contributed by atoms with Gasteiger partial charge in [0.05, 0.1) is 11.4 Å². The number of carbonyl (C=O) groups excluding carboxylic acids is 3. The van der Waals surface area contributed by atoms with E-state index in [0.717, 1.165) is 51.3 Å². The van der Waals surface area contributed by atoms with E-state index in [9.17, 15) is 24.8 Å². The number of esters is 2. The van der Waals surface area contributed by atoms with E-state index in [4.69, 9.17) is 25.4 Å². The summed E-state index contributed by atoms with van der Waals surface area (Å²) in [5.41, 5.74) is 4.22. The molecule has 6 N–H and O–H groups in total. The van der Waals surface area contributed by atoms with Gasteiger partial charge in [-0.1, -0.05) is 46.5 Å². The summed E-state index contributed by atoms with van der Waals surface area (Å²) in [4.78, 5) is 47.0. The molecule has 0 bridgehead atoms. The number of rotatable bonds is 13. The molecule has 3 rings (SSSR count). The highest BCUT2D eigenvalue weighted by atomic mass is 16.6. The molecule has 0 radical (unpaired) electrons. The van der Waals surface area contributed by atoms with Gasteiger partial charge in [0.1, 0.15) is 37.3 Å². The lowest BCUT2D eigenvalue weighted by molar-refractivity contribution is -0.162. The van der Waals surface area contributed by atoms with Crippen LogP contribution >= 0.6 is 0 Å². The Morgan fingerprint density at radius 1 is 1.30 bits per heavy atom. The van der Waals surface area contributed by atoms with Crippen LogP contribution in [0.5, 0.6) is 0 Å². The summed E-state index contributed by atoms with van der Waals surface area (Å²) >= 11 is 0. The minimum atomic E-state index is -2.09. The Labute approximate surface area is 270 Å². The first-order valence-corrected chi connectivity index (χ1v) is 16.1. The first-order chi connectivity index (χ1) is 21.9. The summed E-state index contributed by atoms with van der Waals surface area (Å²) in [6.07, 6.45) is 3.57. The van der Waals surface area contributed by atoms with Crippen molar-refractivity contribution in [1.29, 1.82) is 10.7 Å². The van der Waals surface area contributed by atoms with Gasteiger partial charge in [-0.15, -0.1) is 0 Å². The quantitative estimate of drug-likeness (QED) is 0.121. The van der Waals surface area contributed by atoms with Gasteiger partial charge in [0, 0.05) is 19.5 Å². The van der Waals surface area contributed by atoms with Crippen LogP contribution in [-0.4, -0.2) is 89.2 Å².